The van der Waals surface area contributed by atoms with Gasteiger partial charge in [-0.1, -0.05) is 90.2 Å². The smallest absolute Gasteiger partial charge is 0.267 e. The summed E-state index contributed by atoms with van der Waals surface area (Å²) in [5.74, 6) is 0.641. The van der Waals surface area contributed by atoms with Crippen LogP contribution >= 0.6 is 7.82 Å². The van der Waals surface area contributed by atoms with E-state index in [1.54, 1.807) is 0 Å². The van der Waals surface area contributed by atoms with Crippen LogP contribution in [0.2, 0.25) is 0 Å². The van der Waals surface area contributed by atoms with Crippen molar-refractivity contribution in [2.45, 2.75) is 124 Å². The Hall–Kier alpha value is -1.24. The number of Topliss-reactive ketones (excluding diaryl/α,β-unsaturated/α-hetero) is 1. The zero-order valence-corrected chi connectivity index (χ0v) is 28.5. The van der Waals surface area contributed by atoms with Crippen molar-refractivity contribution in [2.75, 3.05) is 47.0 Å². The minimum Gasteiger partial charge on any atom is -0.756 e. The number of hydrogen-bond donors (Lipinski definition) is 0. The molecule has 1 rings (SSSR count). The number of rotatable bonds is 28. The standard InChI is InChI=1S/C34H62NO6P/c1-6-9-10-11-12-13-14-15-16-17-19-25-39-34-23-21-22-31(29-34)27-32(28-33(36)7-2)30-41-42(37,38)40-26-20-18-24-35(4,5)8-3/h21-23,29,32H,6-20,24-28,30H2,1-5H3. The molecule has 0 saturated heterocycles. The largest absolute Gasteiger partial charge is 0.756 e. The molecule has 0 spiro atoms. The van der Waals surface area contributed by atoms with E-state index in [4.69, 9.17) is 13.8 Å². The normalized spacial score (nSPS) is 14.0. The van der Waals surface area contributed by atoms with Crippen LogP contribution in [0.4, 0.5) is 0 Å². The van der Waals surface area contributed by atoms with Crippen LogP contribution in [0.1, 0.15) is 123 Å². The average molecular weight is 612 g/mol. The first-order valence-electron chi connectivity index (χ1n) is 16.8. The van der Waals surface area contributed by atoms with Crippen LogP contribution in [0.25, 0.3) is 0 Å². The van der Waals surface area contributed by atoms with Gasteiger partial charge in [-0.2, -0.15) is 0 Å². The first-order valence-corrected chi connectivity index (χ1v) is 18.2. The molecule has 244 valence electrons. The first-order chi connectivity index (χ1) is 20.1. The number of phosphoric ester groups is 1. The molecule has 0 amide bonds. The van der Waals surface area contributed by atoms with Crippen molar-refractivity contribution >= 4 is 13.6 Å². The summed E-state index contributed by atoms with van der Waals surface area (Å²) in [6.07, 6.45) is 17.1. The molecule has 2 unspecified atom stereocenters. The number of nitrogens with zero attached hydrogens (tertiary/aromatic N) is 1. The maximum Gasteiger partial charge on any atom is 0.267 e. The van der Waals surface area contributed by atoms with E-state index in [0.717, 1.165) is 41.7 Å². The van der Waals surface area contributed by atoms with Gasteiger partial charge in [-0.15, -0.1) is 0 Å². The van der Waals surface area contributed by atoms with Crippen molar-refractivity contribution < 1.29 is 32.5 Å². The number of unbranched alkanes of at least 4 members (excludes halogenated alkanes) is 11. The van der Waals surface area contributed by atoms with E-state index in [9.17, 15) is 14.3 Å². The Balaban J connectivity index is 2.41. The van der Waals surface area contributed by atoms with Gasteiger partial charge in [0.05, 0.1) is 47.0 Å². The van der Waals surface area contributed by atoms with Crippen molar-refractivity contribution in [2.24, 2.45) is 5.92 Å². The summed E-state index contributed by atoms with van der Waals surface area (Å²) in [7, 11) is -0.120. The Morgan fingerprint density at radius 2 is 1.48 bits per heavy atom. The predicted octanol–water partition coefficient (Wildman–Crippen LogP) is 8.28. The van der Waals surface area contributed by atoms with E-state index in [0.29, 0.717) is 25.9 Å². The van der Waals surface area contributed by atoms with Gasteiger partial charge in [-0.3, -0.25) is 9.36 Å². The molecular weight excluding hydrogens is 549 g/mol. The highest BCUT2D eigenvalue weighted by Crippen LogP contribution is 2.39. The van der Waals surface area contributed by atoms with Crippen molar-refractivity contribution in [3.05, 3.63) is 29.8 Å². The number of ketones is 1. The Morgan fingerprint density at radius 3 is 2.10 bits per heavy atom. The summed E-state index contributed by atoms with van der Waals surface area (Å²) in [5.41, 5.74) is 1.00. The number of carbonyl (C=O) groups excluding carboxylic acids is 1. The van der Waals surface area contributed by atoms with E-state index >= 15 is 0 Å². The maximum absolute atomic E-state index is 12.4. The molecule has 0 heterocycles. The molecule has 0 aliphatic carbocycles. The minimum absolute atomic E-state index is 0.0733. The first kappa shape index (κ1) is 38.8. The number of phosphoric acid groups is 1. The molecule has 1 aromatic rings. The van der Waals surface area contributed by atoms with Gasteiger partial charge in [0.2, 0.25) is 0 Å². The molecule has 0 aliphatic rings. The Morgan fingerprint density at radius 1 is 0.857 bits per heavy atom. The van der Waals surface area contributed by atoms with Gasteiger partial charge in [0.15, 0.2) is 0 Å². The van der Waals surface area contributed by atoms with Crippen molar-refractivity contribution in [3.8, 4) is 5.75 Å². The summed E-state index contributed by atoms with van der Waals surface area (Å²) in [5, 5.41) is 0. The van der Waals surface area contributed by atoms with Gasteiger partial charge < -0.3 is 23.2 Å². The summed E-state index contributed by atoms with van der Waals surface area (Å²) in [4.78, 5) is 24.6. The molecule has 0 radical (unpaired) electrons. The minimum atomic E-state index is -4.43. The molecule has 2 atom stereocenters. The van der Waals surface area contributed by atoms with Crippen LogP contribution in [0.15, 0.2) is 24.3 Å². The topological polar surface area (TPSA) is 84.9 Å². The van der Waals surface area contributed by atoms with E-state index in [1.165, 1.54) is 64.2 Å². The molecular formula is C34H62NO6P. The average Bonchev–Trinajstić information content (AvgIpc) is 2.96. The third-order valence-corrected chi connectivity index (χ3v) is 9.05. The zero-order valence-electron chi connectivity index (χ0n) is 27.6. The molecule has 7 nitrogen and oxygen atoms in total. The summed E-state index contributed by atoms with van der Waals surface area (Å²) >= 11 is 0. The number of ether oxygens (including phenoxy) is 1. The highest BCUT2D eigenvalue weighted by Gasteiger charge is 2.19. The van der Waals surface area contributed by atoms with Gasteiger partial charge in [0, 0.05) is 12.8 Å². The van der Waals surface area contributed by atoms with Crippen LogP contribution in [-0.4, -0.2) is 57.3 Å². The fraction of sp³-hybridized carbons (Fsp3) is 0.794. The van der Waals surface area contributed by atoms with E-state index in [2.05, 4.69) is 27.9 Å². The van der Waals surface area contributed by atoms with Crippen LogP contribution < -0.4 is 9.63 Å². The summed E-state index contributed by atoms with van der Waals surface area (Å²) in [6, 6.07) is 7.88. The Bertz CT molecular complexity index is 877. The molecule has 1 aromatic carbocycles. The number of hydrogen-bond acceptors (Lipinski definition) is 6. The second kappa shape index (κ2) is 23.2. The second-order valence-electron chi connectivity index (χ2n) is 12.5. The highest BCUT2D eigenvalue weighted by atomic mass is 31.2. The van der Waals surface area contributed by atoms with Gasteiger partial charge in [0.25, 0.3) is 7.82 Å². The summed E-state index contributed by atoms with van der Waals surface area (Å²) < 4.78 is 29.6. The fourth-order valence-corrected chi connectivity index (χ4v) is 5.74. The van der Waals surface area contributed by atoms with Crippen LogP contribution in [0.5, 0.6) is 5.75 Å². The lowest BCUT2D eigenvalue weighted by molar-refractivity contribution is -0.888. The lowest BCUT2D eigenvalue weighted by atomic mass is 9.94. The number of benzene rings is 1. The SMILES string of the molecule is CCCCCCCCCCCCCOc1cccc(CC(COP(=O)([O-])OCCCC[N+](C)(C)CC)CC(=O)CC)c1. The van der Waals surface area contributed by atoms with E-state index in [-0.39, 0.29) is 31.3 Å². The van der Waals surface area contributed by atoms with Crippen LogP contribution in [0.3, 0.4) is 0 Å². The van der Waals surface area contributed by atoms with Crippen LogP contribution in [-0.2, 0) is 24.8 Å². The molecule has 0 N–H and O–H groups in total. The van der Waals surface area contributed by atoms with Gasteiger partial charge >= 0.3 is 0 Å². The molecule has 42 heavy (non-hydrogen) atoms. The van der Waals surface area contributed by atoms with Crippen molar-refractivity contribution in [1.29, 1.82) is 0 Å². The number of quaternary nitrogens is 1. The third-order valence-electron chi connectivity index (χ3n) is 8.08. The van der Waals surface area contributed by atoms with Crippen molar-refractivity contribution in [3.63, 3.8) is 0 Å². The second-order valence-corrected chi connectivity index (χ2v) is 13.9. The maximum atomic E-state index is 12.4. The van der Waals surface area contributed by atoms with Gasteiger partial charge in [-0.25, -0.2) is 0 Å². The van der Waals surface area contributed by atoms with Gasteiger partial charge in [-0.05, 0) is 56.2 Å². The van der Waals surface area contributed by atoms with Crippen LogP contribution in [0, 0.1) is 5.92 Å². The molecule has 8 heteroatoms. The molecule has 0 fully saturated rings. The predicted molar refractivity (Wildman–Crippen MR) is 172 cm³/mol. The van der Waals surface area contributed by atoms with E-state index < -0.39 is 7.82 Å². The third kappa shape index (κ3) is 20.6. The molecule has 0 bridgehead atoms. The fourth-order valence-electron chi connectivity index (χ4n) is 4.92. The quantitative estimate of drug-likeness (QED) is 0.0539. The monoisotopic (exact) mass is 611 g/mol. The van der Waals surface area contributed by atoms with Gasteiger partial charge in [0.1, 0.15) is 11.5 Å². The Kier molecular flexibility index (Phi) is 21.4. The molecule has 0 aromatic heterocycles. The lowest BCUT2D eigenvalue weighted by Gasteiger charge is -2.28. The lowest BCUT2D eigenvalue weighted by Crippen LogP contribution is -2.40. The zero-order chi connectivity index (χ0) is 31.1. The summed E-state index contributed by atoms with van der Waals surface area (Å²) in [6.45, 7) is 8.94. The Labute approximate surface area is 257 Å². The molecule has 0 saturated carbocycles. The highest BCUT2D eigenvalue weighted by molar-refractivity contribution is 7.45. The van der Waals surface area contributed by atoms with Crippen molar-refractivity contribution in [1.82, 2.24) is 0 Å². The molecule has 0 aliphatic heterocycles. The van der Waals surface area contributed by atoms with E-state index in [1.807, 2.05) is 31.2 Å². The number of carbonyl (C=O) groups is 1.